The lowest BCUT2D eigenvalue weighted by Crippen LogP contribution is -2.22. The lowest BCUT2D eigenvalue weighted by molar-refractivity contribution is 0.494. The zero-order valence-electron chi connectivity index (χ0n) is 10.9. The van der Waals surface area contributed by atoms with E-state index in [0.717, 1.165) is 15.1 Å². The van der Waals surface area contributed by atoms with Gasteiger partial charge in [-0.3, -0.25) is 4.98 Å². The van der Waals surface area contributed by atoms with E-state index < -0.39 is 0 Å². The van der Waals surface area contributed by atoms with E-state index in [-0.39, 0.29) is 12.1 Å². The molecule has 0 bridgehead atoms. The first-order chi connectivity index (χ1) is 9.08. The Morgan fingerprint density at radius 2 is 2.00 bits per heavy atom. The van der Waals surface area contributed by atoms with Crippen molar-refractivity contribution in [3.8, 4) is 0 Å². The standard InChI is InChI=1S/C15H16BrClN2/c1-10(12-4-3-7-18-9-12)19-11(2)14-6-5-13(16)8-15(14)17/h3-11,19H,1-2H3/t10-,11?/m1/s1. The van der Waals surface area contributed by atoms with Crippen LogP contribution in [0.25, 0.3) is 0 Å². The summed E-state index contributed by atoms with van der Waals surface area (Å²) in [6.45, 7) is 4.24. The second kappa shape index (κ2) is 6.51. The van der Waals surface area contributed by atoms with E-state index in [2.05, 4.69) is 46.1 Å². The summed E-state index contributed by atoms with van der Waals surface area (Å²) in [7, 11) is 0. The Morgan fingerprint density at radius 1 is 1.21 bits per heavy atom. The van der Waals surface area contributed by atoms with Crippen molar-refractivity contribution in [2.75, 3.05) is 0 Å². The van der Waals surface area contributed by atoms with E-state index in [1.165, 1.54) is 5.56 Å². The molecule has 100 valence electrons. The average molecular weight is 340 g/mol. The topological polar surface area (TPSA) is 24.9 Å². The van der Waals surface area contributed by atoms with Crippen molar-refractivity contribution >= 4 is 27.5 Å². The fraction of sp³-hybridized carbons (Fsp3) is 0.267. The molecule has 4 heteroatoms. The summed E-state index contributed by atoms with van der Waals surface area (Å²) >= 11 is 9.69. The summed E-state index contributed by atoms with van der Waals surface area (Å²) in [4.78, 5) is 4.14. The highest BCUT2D eigenvalue weighted by molar-refractivity contribution is 9.10. The molecule has 0 amide bonds. The summed E-state index contributed by atoms with van der Waals surface area (Å²) in [6, 6.07) is 10.4. The predicted octanol–water partition coefficient (Wildman–Crippen LogP) is 4.91. The maximum Gasteiger partial charge on any atom is 0.0464 e. The zero-order valence-corrected chi connectivity index (χ0v) is 13.2. The molecular formula is C15H16BrClN2. The average Bonchev–Trinajstić information content (AvgIpc) is 2.39. The van der Waals surface area contributed by atoms with Crippen molar-refractivity contribution < 1.29 is 0 Å². The number of rotatable bonds is 4. The number of benzene rings is 1. The van der Waals surface area contributed by atoms with Crippen LogP contribution in [0.3, 0.4) is 0 Å². The smallest absolute Gasteiger partial charge is 0.0464 e. The lowest BCUT2D eigenvalue weighted by Gasteiger charge is -2.21. The third-order valence-corrected chi connectivity index (χ3v) is 3.93. The van der Waals surface area contributed by atoms with Gasteiger partial charge in [0, 0.05) is 34.0 Å². The molecule has 1 aromatic heterocycles. The van der Waals surface area contributed by atoms with Crippen LogP contribution < -0.4 is 5.32 Å². The number of halogens is 2. The molecule has 1 aromatic carbocycles. The molecule has 1 N–H and O–H groups in total. The van der Waals surface area contributed by atoms with Crippen molar-refractivity contribution in [2.45, 2.75) is 25.9 Å². The fourth-order valence-corrected chi connectivity index (χ4v) is 2.88. The third-order valence-electron chi connectivity index (χ3n) is 3.11. The minimum atomic E-state index is 0.177. The molecule has 0 aliphatic carbocycles. The van der Waals surface area contributed by atoms with Crippen LogP contribution in [0, 0.1) is 0 Å². The predicted molar refractivity (Wildman–Crippen MR) is 83.4 cm³/mol. The quantitative estimate of drug-likeness (QED) is 0.856. The van der Waals surface area contributed by atoms with Crippen LogP contribution in [-0.2, 0) is 0 Å². The van der Waals surface area contributed by atoms with Crippen LogP contribution in [0.4, 0.5) is 0 Å². The molecule has 0 fully saturated rings. The number of nitrogens with one attached hydrogen (secondary N) is 1. The minimum absolute atomic E-state index is 0.177. The maximum absolute atomic E-state index is 6.27. The Balaban J connectivity index is 2.10. The maximum atomic E-state index is 6.27. The van der Waals surface area contributed by atoms with E-state index >= 15 is 0 Å². The molecule has 0 aliphatic heterocycles. The van der Waals surface area contributed by atoms with Gasteiger partial charge in [0.25, 0.3) is 0 Å². The first-order valence-electron chi connectivity index (χ1n) is 6.19. The molecule has 0 spiro atoms. The van der Waals surface area contributed by atoms with Gasteiger partial charge in [0.2, 0.25) is 0 Å². The minimum Gasteiger partial charge on any atom is -0.304 e. The molecule has 0 saturated carbocycles. The Bertz CT molecular complexity index is 545. The van der Waals surface area contributed by atoms with Gasteiger partial charge in [-0.15, -0.1) is 0 Å². The molecule has 0 saturated heterocycles. The van der Waals surface area contributed by atoms with Crippen LogP contribution in [0.5, 0.6) is 0 Å². The normalized spacial score (nSPS) is 14.1. The highest BCUT2D eigenvalue weighted by Crippen LogP contribution is 2.27. The van der Waals surface area contributed by atoms with Crippen LogP contribution in [0.1, 0.15) is 37.1 Å². The molecule has 19 heavy (non-hydrogen) atoms. The number of pyridine rings is 1. The molecule has 2 atom stereocenters. The molecule has 2 nitrogen and oxygen atoms in total. The van der Waals surface area contributed by atoms with Crippen molar-refractivity contribution in [3.63, 3.8) is 0 Å². The van der Waals surface area contributed by atoms with Gasteiger partial charge in [-0.25, -0.2) is 0 Å². The summed E-state index contributed by atoms with van der Waals surface area (Å²) in [5, 5.41) is 4.30. The molecule has 0 radical (unpaired) electrons. The SMILES string of the molecule is CC(N[C@H](C)c1cccnc1)c1ccc(Br)cc1Cl. The second-order valence-corrected chi connectivity index (χ2v) is 5.89. The Hall–Kier alpha value is -0.900. The Kier molecular flexibility index (Phi) is 4.97. The summed E-state index contributed by atoms with van der Waals surface area (Å²) in [6.07, 6.45) is 3.67. The van der Waals surface area contributed by atoms with Gasteiger partial charge in [-0.1, -0.05) is 39.7 Å². The van der Waals surface area contributed by atoms with Crippen LogP contribution >= 0.6 is 27.5 Å². The fourth-order valence-electron chi connectivity index (χ4n) is 2.05. The van der Waals surface area contributed by atoms with E-state index in [9.17, 15) is 0 Å². The van der Waals surface area contributed by atoms with Gasteiger partial charge in [0.15, 0.2) is 0 Å². The van der Waals surface area contributed by atoms with Gasteiger partial charge in [-0.05, 0) is 43.2 Å². The second-order valence-electron chi connectivity index (χ2n) is 4.56. The largest absolute Gasteiger partial charge is 0.304 e. The van der Waals surface area contributed by atoms with Crippen molar-refractivity contribution in [3.05, 3.63) is 63.3 Å². The molecule has 1 unspecified atom stereocenters. The van der Waals surface area contributed by atoms with Gasteiger partial charge < -0.3 is 5.32 Å². The van der Waals surface area contributed by atoms with Gasteiger partial charge >= 0.3 is 0 Å². The van der Waals surface area contributed by atoms with Crippen LogP contribution in [0.2, 0.25) is 5.02 Å². The third kappa shape index (κ3) is 3.78. The molecular weight excluding hydrogens is 324 g/mol. The number of nitrogens with zero attached hydrogens (tertiary/aromatic N) is 1. The zero-order chi connectivity index (χ0) is 13.8. The molecule has 0 aliphatic rings. The van der Waals surface area contributed by atoms with E-state index in [1.54, 1.807) is 6.20 Å². The van der Waals surface area contributed by atoms with Crippen LogP contribution in [0.15, 0.2) is 47.2 Å². The summed E-state index contributed by atoms with van der Waals surface area (Å²) in [5.74, 6) is 0. The first kappa shape index (κ1) is 14.5. The monoisotopic (exact) mass is 338 g/mol. The number of hydrogen-bond acceptors (Lipinski definition) is 2. The van der Waals surface area contributed by atoms with E-state index in [1.807, 2.05) is 30.5 Å². The number of aromatic nitrogens is 1. The Labute approximate surface area is 127 Å². The highest BCUT2D eigenvalue weighted by atomic mass is 79.9. The van der Waals surface area contributed by atoms with Crippen LogP contribution in [-0.4, -0.2) is 4.98 Å². The van der Waals surface area contributed by atoms with Crippen molar-refractivity contribution in [2.24, 2.45) is 0 Å². The van der Waals surface area contributed by atoms with Gasteiger partial charge in [-0.2, -0.15) is 0 Å². The Morgan fingerprint density at radius 3 is 2.63 bits per heavy atom. The first-order valence-corrected chi connectivity index (χ1v) is 7.36. The van der Waals surface area contributed by atoms with E-state index in [4.69, 9.17) is 11.6 Å². The summed E-state index contributed by atoms with van der Waals surface area (Å²) in [5.41, 5.74) is 2.27. The molecule has 1 heterocycles. The lowest BCUT2D eigenvalue weighted by atomic mass is 10.1. The molecule has 2 aromatic rings. The van der Waals surface area contributed by atoms with Crippen molar-refractivity contribution in [1.29, 1.82) is 0 Å². The number of hydrogen-bond donors (Lipinski definition) is 1. The van der Waals surface area contributed by atoms with Gasteiger partial charge in [0.05, 0.1) is 0 Å². The molecule has 2 rings (SSSR count). The van der Waals surface area contributed by atoms with Crippen molar-refractivity contribution in [1.82, 2.24) is 10.3 Å². The van der Waals surface area contributed by atoms with E-state index in [0.29, 0.717) is 0 Å². The van der Waals surface area contributed by atoms with Gasteiger partial charge in [0.1, 0.15) is 0 Å². The highest BCUT2D eigenvalue weighted by Gasteiger charge is 2.13. The summed E-state index contributed by atoms with van der Waals surface area (Å²) < 4.78 is 0.994.